The number of aryl methyl sites for hydroxylation is 1. The Balaban J connectivity index is 1.56. The van der Waals surface area contributed by atoms with Gasteiger partial charge in [-0.1, -0.05) is 0 Å². The highest BCUT2D eigenvalue weighted by Gasteiger charge is 2.49. The van der Waals surface area contributed by atoms with Gasteiger partial charge in [-0.25, -0.2) is 0 Å². The number of rotatable bonds is 2. The Morgan fingerprint density at radius 3 is 2.88 bits per heavy atom. The summed E-state index contributed by atoms with van der Waals surface area (Å²) in [7, 11) is 1.96. The summed E-state index contributed by atoms with van der Waals surface area (Å²) in [6.45, 7) is 4.00. The number of pyridine rings is 1. The third-order valence-corrected chi connectivity index (χ3v) is 5.44. The fraction of sp³-hybridized carbons (Fsp3) is 0.444. The van der Waals surface area contributed by atoms with E-state index in [0.29, 0.717) is 31.9 Å². The third-order valence-electron chi connectivity index (χ3n) is 5.44. The van der Waals surface area contributed by atoms with Crippen LogP contribution >= 0.6 is 0 Å². The summed E-state index contributed by atoms with van der Waals surface area (Å²) in [4.78, 5) is 35.1. The minimum Gasteiger partial charge on any atom is -0.335 e. The molecule has 8 nitrogen and oxygen atoms in total. The standard InChI is InChI=1S/C18H22N6O2/c1-13-8-15(21-20-13)17(26)23-7-5-18(11-23)12-24(16(25)10-22(18)2)14-4-3-6-19-9-14/h3-4,6,8-9H,5,7,10-12H2,1-2H3,(H,20,21)/t18-/m0/s1. The number of carbonyl (C=O) groups is 2. The zero-order valence-electron chi connectivity index (χ0n) is 15.0. The minimum atomic E-state index is -0.245. The molecule has 2 saturated heterocycles. The molecule has 2 aliphatic rings. The molecular weight excluding hydrogens is 332 g/mol. The van der Waals surface area contributed by atoms with Crippen molar-refractivity contribution < 1.29 is 9.59 Å². The highest BCUT2D eigenvalue weighted by atomic mass is 16.2. The number of carbonyl (C=O) groups excluding carboxylic acids is 2. The number of piperazine rings is 1. The van der Waals surface area contributed by atoms with Crippen LogP contribution in [0.15, 0.2) is 30.6 Å². The molecule has 4 heterocycles. The first kappa shape index (κ1) is 16.7. The molecule has 0 bridgehead atoms. The Morgan fingerprint density at radius 2 is 2.19 bits per heavy atom. The van der Waals surface area contributed by atoms with E-state index >= 15 is 0 Å². The van der Waals surface area contributed by atoms with E-state index in [9.17, 15) is 9.59 Å². The lowest BCUT2D eigenvalue weighted by atomic mass is 9.92. The van der Waals surface area contributed by atoms with Crippen LogP contribution in [-0.4, -0.2) is 75.6 Å². The van der Waals surface area contributed by atoms with Crippen molar-refractivity contribution in [3.8, 4) is 0 Å². The smallest absolute Gasteiger partial charge is 0.274 e. The van der Waals surface area contributed by atoms with Crippen LogP contribution in [-0.2, 0) is 4.79 Å². The van der Waals surface area contributed by atoms with E-state index in [1.165, 1.54) is 0 Å². The zero-order valence-corrected chi connectivity index (χ0v) is 15.0. The van der Waals surface area contributed by atoms with Gasteiger partial charge in [0.25, 0.3) is 5.91 Å². The van der Waals surface area contributed by atoms with Gasteiger partial charge in [-0.3, -0.25) is 24.6 Å². The van der Waals surface area contributed by atoms with Crippen molar-refractivity contribution in [3.05, 3.63) is 42.0 Å². The quantitative estimate of drug-likeness (QED) is 0.857. The Hall–Kier alpha value is -2.74. The fourth-order valence-electron chi connectivity index (χ4n) is 3.87. The maximum Gasteiger partial charge on any atom is 0.274 e. The minimum absolute atomic E-state index is 0.0545. The number of hydrogen-bond acceptors (Lipinski definition) is 5. The lowest BCUT2D eigenvalue weighted by Crippen LogP contribution is -2.64. The number of nitrogens with zero attached hydrogens (tertiary/aromatic N) is 5. The molecule has 136 valence electrons. The van der Waals surface area contributed by atoms with Crippen LogP contribution in [0.3, 0.4) is 0 Å². The Bertz CT molecular complexity index is 835. The first-order chi connectivity index (χ1) is 12.5. The van der Waals surface area contributed by atoms with Crippen molar-refractivity contribution in [1.29, 1.82) is 0 Å². The molecule has 4 rings (SSSR count). The van der Waals surface area contributed by atoms with Gasteiger partial charge in [0.1, 0.15) is 5.69 Å². The zero-order chi connectivity index (χ0) is 18.3. The van der Waals surface area contributed by atoms with Gasteiger partial charge in [-0.15, -0.1) is 0 Å². The molecule has 0 radical (unpaired) electrons. The van der Waals surface area contributed by atoms with Crippen LogP contribution in [0.2, 0.25) is 0 Å². The van der Waals surface area contributed by atoms with Crippen LogP contribution in [0.5, 0.6) is 0 Å². The molecule has 1 N–H and O–H groups in total. The number of H-pyrrole nitrogens is 1. The Morgan fingerprint density at radius 1 is 1.35 bits per heavy atom. The predicted octanol–water partition coefficient (Wildman–Crippen LogP) is 0.676. The summed E-state index contributed by atoms with van der Waals surface area (Å²) in [5.41, 5.74) is 1.87. The van der Waals surface area contributed by atoms with Crippen molar-refractivity contribution in [2.45, 2.75) is 18.9 Å². The molecule has 0 unspecified atom stereocenters. The molecule has 2 amide bonds. The molecule has 8 heteroatoms. The number of aromatic nitrogens is 3. The van der Waals surface area contributed by atoms with Crippen LogP contribution in [0.4, 0.5) is 5.69 Å². The summed E-state index contributed by atoms with van der Waals surface area (Å²) in [5, 5.41) is 6.90. The highest BCUT2D eigenvalue weighted by molar-refractivity contribution is 5.96. The summed E-state index contributed by atoms with van der Waals surface area (Å²) in [5.74, 6) is -0.0109. The van der Waals surface area contributed by atoms with E-state index in [1.807, 2.05) is 31.0 Å². The largest absolute Gasteiger partial charge is 0.335 e. The highest BCUT2D eigenvalue weighted by Crippen LogP contribution is 2.33. The molecule has 1 spiro atoms. The maximum atomic E-state index is 12.7. The van der Waals surface area contributed by atoms with Crippen molar-refractivity contribution in [2.24, 2.45) is 0 Å². The second-order valence-electron chi connectivity index (χ2n) is 7.18. The maximum absolute atomic E-state index is 12.7. The van der Waals surface area contributed by atoms with Gasteiger partial charge in [0, 0.05) is 31.5 Å². The van der Waals surface area contributed by atoms with Crippen LogP contribution < -0.4 is 4.90 Å². The second kappa shape index (κ2) is 6.21. The molecule has 2 aromatic heterocycles. The van der Waals surface area contributed by atoms with E-state index in [4.69, 9.17) is 0 Å². The fourth-order valence-corrected chi connectivity index (χ4v) is 3.87. The van der Waals surface area contributed by atoms with Gasteiger partial charge in [-0.2, -0.15) is 5.10 Å². The predicted molar refractivity (Wildman–Crippen MR) is 95.8 cm³/mol. The third kappa shape index (κ3) is 2.76. The molecule has 26 heavy (non-hydrogen) atoms. The average Bonchev–Trinajstić information content (AvgIpc) is 3.26. The number of aromatic amines is 1. The first-order valence-corrected chi connectivity index (χ1v) is 8.71. The van der Waals surface area contributed by atoms with Gasteiger partial charge in [0.15, 0.2) is 0 Å². The monoisotopic (exact) mass is 354 g/mol. The molecule has 2 aromatic rings. The summed E-state index contributed by atoms with van der Waals surface area (Å²) in [6.07, 6.45) is 4.23. The van der Waals surface area contributed by atoms with Crippen LogP contribution in [0, 0.1) is 6.92 Å². The number of hydrogen-bond donors (Lipinski definition) is 1. The van der Waals surface area contributed by atoms with Gasteiger partial charge >= 0.3 is 0 Å². The van der Waals surface area contributed by atoms with E-state index in [1.54, 1.807) is 23.4 Å². The van der Waals surface area contributed by atoms with Crippen LogP contribution in [0.1, 0.15) is 22.6 Å². The summed E-state index contributed by atoms with van der Waals surface area (Å²) in [6, 6.07) is 5.50. The molecule has 2 fully saturated rings. The van der Waals surface area contributed by atoms with Gasteiger partial charge in [-0.05, 0) is 38.6 Å². The summed E-state index contributed by atoms with van der Waals surface area (Å²) >= 11 is 0. The normalized spacial score (nSPS) is 23.8. The van der Waals surface area contributed by atoms with Crippen molar-refractivity contribution >= 4 is 17.5 Å². The number of anilines is 1. The summed E-state index contributed by atoms with van der Waals surface area (Å²) < 4.78 is 0. The second-order valence-corrected chi connectivity index (χ2v) is 7.18. The van der Waals surface area contributed by atoms with E-state index < -0.39 is 0 Å². The van der Waals surface area contributed by atoms with Gasteiger partial charge in [0.05, 0.1) is 24.0 Å². The number of likely N-dealkylation sites (tertiary alicyclic amines) is 1. The number of nitrogens with one attached hydrogen (secondary N) is 1. The SMILES string of the molecule is Cc1cc(C(=O)N2CC[C@]3(C2)CN(c2cccnc2)C(=O)CN3C)n[nH]1. The molecule has 0 aliphatic carbocycles. The van der Waals surface area contributed by atoms with E-state index in [0.717, 1.165) is 17.8 Å². The van der Waals surface area contributed by atoms with Crippen molar-refractivity contribution in [2.75, 3.05) is 38.1 Å². The van der Waals surface area contributed by atoms with Crippen LogP contribution in [0.25, 0.3) is 0 Å². The lowest BCUT2D eigenvalue weighted by molar-refractivity contribution is -0.123. The lowest BCUT2D eigenvalue weighted by Gasteiger charge is -2.46. The van der Waals surface area contributed by atoms with Gasteiger partial charge < -0.3 is 9.80 Å². The number of amides is 2. The average molecular weight is 354 g/mol. The Labute approximate surface area is 151 Å². The molecule has 0 aromatic carbocycles. The van der Waals surface area contributed by atoms with E-state index in [2.05, 4.69) is 20.1 Å². The Kier molecular flexibility index (Phi) is 3.99. The first-order valence-electron chi connectivity index (χ1n) is 8.71. The van der Waals surface area contributed by atoms with Gasteiger partial charge in [0.2, 0.25) is 5.91 Å². The molecule has 0 saturated carbocycles. The molecule has 1 atom stereocenters. The molecule has 2 aliphatic heterocycles. The van der Waals surface area contributed by atoms with Crippen molar-refractivity contribution in [1.82, 2.24) is 25.0 Å². The van der Waals surface area contributed by atoms with Crippen molar-refractivity contribution in [3.63, 3.8) is 0 Å². The molecular formula is C18H22N6O2. The van der Waals surface area contributed by atoms with E-state index in [-0.39, 0.29) is 17.4 Å². The topological polar surface area (TPSA) is 85.4 Å². The number of likely N-dealkylation sites (N-methyl/N-ethyl adjacent to an activating group) is 1.